The van der Waals surface area contributed by atoms with Gasteiger partial charge in [0, 0.05) is 18.0 Å². The molecule has 0 aliphatic heterocycles. The quantitative estimate of drug-likeness (QED) is 0.637. The van der Waals surface area contributed by atoms with Crippen LogP contribution in [-0.4, -0.2) is 17.0 Å². The van der Waals surface area contributed by atoms with E-state index >= 15 is 0 Å². The van der Waals surface area contributed by atoms with E-state index in [4.69, 9.17) is 0 Å². The van der Waals surface area contributed by atoms with Crippen molar-refractivity contribution in [2.45, 2.75) is 6.54 Å². The van der Waals surface area contributed by atoms with Crippen molar-refractivity contribution >= 4 is 38.8 Å². The van der Waals surface area contributed by atoms with Crippen molar-refractivity contribution in [3.63, 3.8) is 0 Å². The molecule has 18 heavy (non-hydrogen) atoms. The lowest BCUT2D eigenvalue weighted by Crippen LogP contribution is -2.16. The molecule has 0 aliphatic carbocycles. The standard InChI is InChI=1S/C11H10BrN3O2S/c1-14(7-9-3-4-10(12)18-9)11-5-2-8(6-13-11)15(16)17/h2-6H,7H2,1H3. The van der Waals surface area contributed by atoms with Crippen molar-refractivity contribution in [3.8, 4) is 0 Å². The first-order valence-electron chi connectivity index (χ1n) is 5.12. The van der Waals surface area contributed by atoms with Crippen molar-refractivity contribution in [2.24, 2.45) is 0 Å². The molecule has 0 unspecified atom stereocenters. The molecule has 5 nitrogen and oxygen atoms in total. The summed E-state index contributed by atoms with van der Waals surface area (Å²) >= 11 is 5.07. The maximum atomic E-state index is 10.5. The lowest BCUT2D eigenvalue weighted by molar-refractivity contribution is -0.385. The first kappa shape index (κ1) is 13.0. The second kappa shape index (κ2) is 5.45. The number of halogens is 1. The SMILES string of the molecule is CN(Cc1ccc(Br)s1)c1ccc([N+](=O)[O-])cn1. The normalized spacial score (nSPS) is 10.3. The number of anilines is 1. The molecule has 7 heteroatoms. The van der Waals surface area contributed by atoms with Gasteiger partial charge in [0.15, 0.2) is 0 Å². The Labute approximate surface area is 116 Å². The molecule has 0 fully saturated rings. The Morgan fingerprint density at radius 3 is 2.72 bits per heavy atom. The Hall–Kier alpha value is -1.47. The van der Waals surface area contributed by atoms with Crippen LogP contribution in [0.1, 0.15) is 4.88 Å². The Morgan fingerprint density at radius 2 is 2.22 bits per heavy atom. The van der Waals surface area contributed by atoms with Crippen molar-refractivity contribution in [2.75, 3.05) is 11.9 Å². The summed E-state index contributed by atoms with van der Waals surface area (Å²) in [4.78, 5) is 17.3. The maximum Gasteiger partial charge on any atom is 0.287 e. The van der Waals surface area contributed by atoms with Gasteiger partial charge in [-0.3, -0.25) is 10.1 Å². The number of thiophene rings is 1. The van der Waals surface area contributed by atoms with Gasteiger partial charge in [0.05, 0.1) is 15.3 Å². The summed E-state index contributed by atoms with van der Waals surface area (Å²) in [5, 5.41) is 10.5. The molecule has 0 aliphatic rings. The average molecular weight is 328 g/mol. The van der Waals surface area contributed by atoms with Crippen LogP contribution in [0.5, 0.6) is 0 Å². The van der Waals surface area contributed by atoms with Gasteiger partial charge in [0.25, 0.3) is 5.69 Å². The van der Waals surface area contributed by atoms with Gasteiger partial charge in [-0.1, -0.05) is 0 Å². The van der Waals surface area contributed by atoms with Crippen LogP contribution in [0.2, 0.25) is 0 Å². The summed E-state index contributed by atoms with van der Waals surface area (Å²) in [5.74, 6) is 0.713. The highest BCUT2D eigenvalue weighted by Crippen LogP contribution is 2.24. The first-order valence-corrected chi connectivity index (χ1v) is 6.73. The van der Waals surface area contributed by atoms with Gasteiger partial charge in [-0.15, -0.1) is 11.3 Å². The zero-order valence-corrected chi connectivity index (χ0v) is 11.9. The lowest BCUT2D eigenvalue weighted by atomic mass is 10.3. The summed E-state index contributed by atoms with van der Waals surface area (Å²) in [5.41, 5.74) is 0.00557. The zero-order chi connectivity index (χ0) is 13.1. The molecule has 0 N–H and O–H groups in total. The number of rotatable bonds is 4. The smallest absolute Gasteiger partial charge is 0.287 e. The Kier molecular flexibility index (Phi) is 3.93. The molecule has 2 aromatic rings. The van der Waals surface area contributed by atoms with E-state index < -0.39 is 4.92 Å². The van der Waals surface area contributed by atoms with Crippen LogP contribution in [0.3, 0.4) is 0 Å². The van der Waals surface area contributed by atoms with Gasteiger partial charge in [-0.25, -0.2) is 4.98 Å². The number of aromatic nitrogens is 1. The average Bonchev–Trinajstić information content (AvgIpc) is 2.75. The molecule has 2 heterocycles. The van der Waals surface area contributed by atoms with Gasteiger partial charge in [-0.05, 0) is 34.1 Å². The minimum Gasteiger partial charge on any atom is -0.355 e. The fourth-order valence-corrected chi connectivity index (χ4v) is 3.00. The molecule has 0 saturated carbocycles. The Morgan fingerprint density at radius 1 is 1.44 bits per heavy atom. The maximum absolute atomic E-state index is 10.5. The molecule has 0 amide bonds. The number of hydrogen-bond donors (Lipinski definition) is 0. The van der Waals surface area contributed by atoms with E-state index in [0.29, 0.717) is 5.82 Å². The first-order chi connectivity index (χ1) is 8.56. The predicted molar refractivity (Wildman–Crippen MR) is 75.0 cm³/mol. The number of nitro groups is 1. The van der Waals surface area contributed by atoms with E-state index in [9.17, 15) is 10.1 Å². The highest BCUT2D eigenvalue weighted by atomic mass is 79.9. The molecule has 0 bridgehead atoms. The van der Waals surface area contributed by atoms with Gasteiger partial charge in [0.1, 0.15) is 12.0 Å². The second-order valence-electron chi connectivity index (χ2n) is 3.69. The second-order valence-corrected chi connectivity index (χ2v) is 6.24. The third kappa shape index (κ3) is 3.05. The number of hydrogen-bond acceptors (Lipinski definition) is 5. The van der Waals surface area contributed by atoms with Gasteiger partial charge in [0.2, 0.25) is 0 Å². The monoisotopic (exact) mass is 327 g/mol. The van der Waals surface area contributed by atoms with Crippen molar-refractivity contribution in [3.05, 3.63) is 49.2 Å². The summed E-state index contributed by atoms with van der Waals surface area (Å²) in [6, 6.07) is 7.15. The molecule has 0 saturated heterocycles. The van der Waals surface area contributed by atoms with Crippen LogP contribution in [0.15, 0.2) is 34.2 Å². The van der Waals surface area contributed by atoms with Crippen LogP contribution in [0.4, 0.5) is 11.5 Å². The lowest BCUT2D eigenvalue weighted by Gasteiger charge is -2.16. The zero-order valence-electron chi connectivity index (χ0n) is 9.54. The van der Waals surface area contributed by atoms with E-state index in [1.807, 2.05) is 24.1 Å². The van der Waals surface area contributed by atoms with E-state index in [1.165, 1.54) is 17.1 Å². The van der Waals surface area contributed by atoms with Gasteiger partial charge < -0.3 is 4.90 Å². The van der Waals surface area contributed by atoms with Crippen molar-refractivity contribution < 1.29 is 4.92 Å². The van der Waals surface area contributed by atoms with E-state index in [-0.39, 0.29) is 5.69 Å². The van der Waals surface area contributed by atoms with Crippen LogP contribution >= 0.6 is 27.3 Å². The molecular weight excluding hydrogens is 318 g/mol. The molecule has 0 spiro atoms. The summed E-state index contributed by atoms with van der Waals surface area (Å²) in [7, 11) is 1.90. The molecule has 0 atom stereocenters. The highest BCUT2D eigenvalue weighted by Gasteiger charge is 2.09. The predicted octanol–water partition coefficient (Wildman–Crippen LogP) is 3.45. The fourth-order valence-electron chi connectivity index (χ4n) is 1.46. The fraction of sp³-hybridized carbons (Fsp3) is 0.182. The molecule has 2 rings (SSSR count). The van der Waals surface area contributed by atoms with Crippen molar-refractivity contribution in [1.82, 2.24) is 4.98 Å². The topological polar surface area (TPSA) is 59.3 Å². The Bertz CT molecular complexity index is 556. The molecule has 94 valence electrons. The minimum absolute atomic E-state index is 0.00557. The summed E-state index contributed by atoms with van der Waals surface area (Å²) in [6.07, 6.45) is 1.27. The summed E-state index contributed by atoms with van der Waals surface area (Å²) in [6.45, 7) is 0.723. The minimum atomic E-state index is -0.451. The van der Waals surface area contributed by atoms with Crippen LogP contribution in [-0.2, 0) is 6.54 Å². The third-order valence-corrected chi connectivity index (χ3v) is 3.96. The van der Waals surface area contributed by atoms with Gasteiger partial charge in [-0.2, -0.15) is 0 Å². The van der Waals surface area contributed by atoms with Crippen LogP contribution < -0.4 is 4.90 Å². The third-order valence-electron chi connectivity index (χ3n) is 2.36. The van der Waals surface area contributed by atoms with Crippen molar-refractivity contribution in [1.29, 1.82) is 0 Å². The van der Waals surface area contributed by atoms with E-state index in [1.54, 1.807) is 17.4 Å². The molecule has 2 aromatic heterocycles. The van der Waals surface area contributed by atoms with Crippen LogP contribution in [0.25, 0.3) is 0 Å². The summed E-state index contributed by atoms with van der Waals surface area (Å²) < 4.78 is 1.09. The number of nitrogens with zero attached hydrogens (tertiary/aromatic N) is 3. The molecule has 0 aromatic carbocycles. The van der Waals surface area contributed by atoms with Crippen LogP contribution in [0, 0.1) is 10.1 Å². The highest BCUT2D eigenvalue weighted by molar-refractivity contribution is 9.11. The van der Waals surface area contributed by atoms with Gasteiger partial charge >= 0.3 is 0 Å². The van der Waals surface area contributed by atoms with E-state index in [0.717, 1.165) is 10.3 Å². The van der Waals surface area contributed by atoms with E-state index in [2.05, 4.69) is 20.9 Å². The molecular formula is C11H10BrN3O2S. The molecule has 0 radical (unpaired) electrons. The largest absolute Gasteiger partial charge is 0.355 e. The Balaban J connectivity index is 2.09. The number of pyridine rings is 1.